The van der Waals surface area contributed by atoms with Crippen LogP contribution >= 0.6 is 0 Å². The summed E-state index contributed by atoms with van der Waals surface area (Å²) in [6, 6.07) is 15.3. The van der Waals surface area contributed by atoms with E-state index in [4.69, 9.17) is 0 Å². The molecule has 3 aromatic rings. The van der Waals surface area contributed by atoms with E-state index in [9.17, 15) is 19.5 Å². The van der Waals surface area contributed by atoms with Crippen molar-refractivity contribution in [1.82, 2.24) is 14.9 Å². The molecule has 8 heteroatoms. The fourth-order valence-corrected chi connectivity index (χ4v) is 4.65. The fraction of sp³-hybridized carbons (Fsp3) is 0.357. The summed E-state index contributed by atoms with van der Waals surface area (Å²) in [6.07, 6.45) is 9.45. The smallest absolute Gasteiger partial charge is 0.328 e. The molecule has 36 heavy (non-hydrogen) atoms. The normalized spacial score (nSPS) is 17.8. The third-order valence-corrected chi connectivity index (χ3v) is 6.88. The number of aromatic nitrogens is 2. The van der Waals surface area contributed by atoms with Crippen LogP contribution in [0.25, 0.3) is 5.69 Å². The molecule has 3 N–H and O–H groups in total. The van der Waals surface area contributed by atoms with E-state index >= 15 is 0 Å². The molecule has 1 saturated carbocycles. The van der Waals surface area contributed by atoms with Crippen molar-refractivity contribution in [2.45, 2.75) is 57.4 Å². The van der Waals surface area contributed by atoms with Gasteiger partial charge in [-0.3, -0.25) is 9.59 Å². The maximum absolute atomic E-state index is 12.7. The molecule has 1 aromatic heterocycles. The zero-order chi connectivity index (χ0) is 25.7. The Morgan fingerprint density at radius 1 is 1.00 bits per heavy atom. The Morgan fingerprint density at radius 3 is 2.25 bits per heavy atom. The number of anilines is 1. The molecule has 4 rings (SSSR count). The standard InChI is InChI=1S/C28H32N4O4/c1-28(2,27(35)36)31-25(33)17-19-3-5-20(6-4-19)21-7-11-23(12-8-21)30-26(34)22-9-13-24(14-10-22)32-16-15-29-18-32/h7-16,18-20H,3-6,17H2,1-2H3,(H,30,34)(H,31,33)(H,35,36). The molecule has 8 nitrogen and oxygen atoms in total. The number of hydrogen-bond donors (Lipinski definition) is 3. The van der Waals surface area contributed by atoms with E-state index in [1.807, 2.05) is 35.0 Å². The summed E-state index contributed by atoms with van der Waals surface area (Å²) >= 11 is 0. The molecule has 0 radical (unpaired) electrons. The molecule has 0 bridgehead atoms. The van der Waals surface area contributed by atoms with Gasteiger partial charge in [-0.25, -0.2) is 9.78 Å². The van der Waals surface area contributed by atoms with Crippen molar-refractivity contribution in [1.29, 1.82) is 0 Å². The number of imidazole rings is 1. The minimum absolute atomic E-state index is 0.162. The summed E-state index contributed by atoms with van der Waals surface area (Å²) in [6.45, 7) is 2.99. The number of nitrogens with zero attached hydrogens (tertiary/aromatic N) is 2. The predicted molar refractivity (Wildman–Crippen MR) is 137 cm³/mol. The lowest BCUT2D eigenvalue weighted by molar-refractivity contribution is -0.146. The number of benzene rings is 2. The van der Waals surface area contributed by atoms with E-state index in [1.54, 1.807) is 24.7 Å². The van der Waals surface area contributed by atoms with E-state index in [2.05, 4.69) is 27.8 Å². The molecule has 1 heterocycles. The third kappa shape index (κ3) is 6.19. The molecular weight excluding hydrogens is 456 g/mol. The Kier molecular flexibility index (Phi) is 7.52. The number of amides is 2. The Hall–Kier alpha value is -3.94. The summed E-state index contributed by atoms with van der Waals surface area (Å²) in [7, 11) is 0. The van der Waals surface area contributed by atoms with Gasteiger partial charge in [-0.05, 0) is 93.3 Å². The van der Waals surface area contributed by atoms with Crippen LogP contribution in [-0.2, 0) is 9.59 Å². The highest BCUT2D eigenvalue weighted by molar-refractivity contribution is 6.04. The van der Waals surface area contributed by atoms with E-state index in [0.29, 0.717) is 17.9 Å². The number of carbonyl (C=O) groups is 3. The molecule has 2 aromatic carbocycles. The number of aliphatic carboxylic acids is 1. The Bertz CT molecular complexity index is 1190. The average Bonchev–Trinajstić information content (AvgIpc) is 3.40. The summed E-state index contributed by atoms with van der Waals surface area (Å²) in [4.78, 5) is 40.2. The summed E-state index contributed by atoms with van der Waals surface area (Å²) in [5, 5.41) is 14.7. The van der Waals surface area contributed by atoms with Crippen LogP contribution in [0, 0.1) is 5.92 Å². The summed E-state index contributed by atoms with van der Waals surface area (Å²) in [5.41, 5.74) is 2.24. The molecule has 0 atom stereocenters. The van der Waals surface area contributed by atoms with Gasteiger partial charge in [0.2, 0.25) is 5.91 Å². The van der Waals surface area contributed by atoms with Gasteiger partial charge in [-0.1, -0.05) is 12.1 Å². The van der Waals surface area contributed by atoms with E-state index in [-0.39, 0.29) is 17.7 Å². The predicted octanol–water partition coefficient (Wildman–Crippen LogP) is 4.77. The molecule has 0 spiro atoms. The number of carboxylic acid groups (broad SMARTS) is 1. The SMILES string of the molecule is CC(C)(NC(=O)CC1CCC(c2ccc(NC(=O)c3ccc(-n4ccnc4)cc3)cc2)CC1)C(=O)O. The molecule has 2 amide bonds. The van der Waals surface area contributed by atoms with Crippen molar-refractivity contribution in [3.63, 3.8) is 0 Å². The van der Waals surface area contributed by atoms with Crippen molar-refractivity contribution >= 4 is 23.5 Å². The Morgan fingerprint density at radius 2 is 1.67 bits per heavy atom. The van der Waals surface area contributed by atoms with Crippen molar-refractivity contribution in [2.24, 2.45) is 5.92 Å². The van der Waals surface area contributed by atoms with E-state index in [1.165, 1.54) is 19.4 Å². The van der Waals surface area contributed by atoms with Crippen molar-refractivity contribution in [3.05, 3.63) is 78.4 Å². The van der Waals surface area contributed by atoms with Gasteiger partial charge in [0, 0.05) is 35.8 Å². The number of hydrogen-bond acceptors (Lipinski definition) is 4. The lowest BCUT2D eigenvalue weighted by atomic mass is 9.77. The second-order valence-electron chi connectivity index (χ2n) is 9.99. The number of nitrogens with one attached hydrogen (secondary N) is 2. The zero-order valence-electron chi connectivity index (χ0n) is 20.6. The van der Waals surface area contributed by atoms with Crippen LogP contribution in [-0.4, -0.2) is 38.0 Å². The first-order valence-corrected chi connectivity index (χ1v) is 12.3. The largest absolute Gasteiger partial charge is 0.480 e. The molecule has 1 aliphatic carbocycles. The van der Waals surface area contributed by atoms with Crippen LogP contribution in [0.5, 0.6) is 0 Å². The van der Waals surface area contributed by atoms with Gasteiger partial charge in [-0.15, -0.1) is 0 Å². The third-order valence-electron chi connectivity index (χ3n) is 6.88. The topological polar surface area (TPSA) is 113 Å². The maximum atomic E-state index is 12.7. The Balaban J connectivity index is 1.26. The molecule has 0 aliphatic heterocycles. The first-order chi connectivity index (χ1) is 17.2. The van der Waals surface area contributed by atoms with Crippen LogP contribution in [0.4, 0.5) is 5.69 Å². The maximum Gasteiger partial charge on any atom is 0.328 e. The van der Waals surface area contributed by atoms with Gasteiger partial charge in [-0.2, -0.15) is 0 Å². The van der Waals surface area contributed by atoms with Crippen molar-refractivity contribution in [2.75, 3.05) is 5.32 Å². The second kappa shape index (κ2) is 10.8. The van der Waals surface area contributed by atoms with Gasteiger partial charge < -0.3 is 20.3 Å². The van der Waals surface area contributed by atoms with Gasteiger partial charge in [0.25, 0.3) is 5.91 Å². The Labute approximate surface area is 210 Å². The molecule has 0 saturated heterocycles. The van der Waals surface area contributed by atoms with Gasteiger partial charge >= 0.3 is 5.97 Å². The van der Waals surface area contributed by atoms with Crippen LogP contribution in [0.15, 0.2) is 67.3 Å². The minimum Gasteiger partial charge on any atom is -0.480 e. The van der Waals surface area contributed by atoms with Crippen LogP contribution in [0.1, 0.15) is 67.8 Å². The van der Waals surface area contributed by atoms with Crippen molar-refractivity contribution in [3.8, 4) is 5.69 Å². The molecule has 1 aliphatic rings. The van der Waals surface area contributed by atoms with E-state index < -0.39 is 11.5 Å². The van der Waals surface area contributed by atoms with E-state index in [0.717, 1.165) is 37.1 Å². The first-order valence-electron chi connectivity index (χ1n) is 12.3. The zero-order valence-corrected chi connectivity index (χ0v) is 20.6. The number of rotatable bonds is 8. The molecular formula is C28H32N4O4. The first kappa shape index (κ1) is 25.2. The number of carbonyl (C=O) groups excluding carboxylic acids is 2. The minimum atomic E-state index is -1.25. The van der Waals surface area contributed by atoms with Crippen LogP contribution in [0.2, 0.25) is 0 Å². The van der Waals surface area contributed by atoms with Crippen LogP contribution < -0.4 is 10.6 Å². The highest BCUT2D eigenvalue weighted by Crippen LogP contribution is 2.37. The van der Waals surface area contributed by atoms with Gasteiger partial charge in [0.1, 0.15) is 5.54 Å². The second-order valence-corrected chi connectivity index (χ2v) is 9.99. The van der Waals surface area contributed by atoms with Gasteiger partial charge in [0.15, 0.2) is 0 Å². The molecule has 0 unspecified atom stereocenters. The summed E-state index contributed by atoms with van der Waals surface area (Å²) < 4.78 is 1.88. The number of carboxylic acids is 1. The highest BCUT2D eigenvalue weighted by atomic mass is 16.4. The van der Waals surface area contributed by atoms with Crippen LogP contribution in [0.3, 0.4) is 0 Å². The average molecular weight is 489 g/mol. The monoisotopic (exact) mass is 488 g/mol. The lowest BCUT2D eigenvalue weighted by Gasteiger charge is -2.29. The molecule has 1 fully saturated rings. The fourth-order valence-electron chi connectivity index (χ4n) is 4.65. The summed E-state index contributed by atoms with van der Waals surface area (Å²) in [5.74, 6) is -0.723. The molecule has 188 valence electrons. The lowest BCUT2D eigenvalue weighted by Crippen LogP contribution is -2.50. The van der Waals surface area contributed by atoms with Crippen molar-refractivity contribution < 1.29 is 19.5 Å². The van der Waals surface area contributed by atoms with Gasteiger partial charge in [0.05, 0.1) is 6.33 Å². The quantitative estimate of drug-likeness (QED) is 0.423. The highest BCUT2D eigenvalue weighted by Gasteiger charge is 2.31.